The lowest BCUT2D eigenvalue weighted by Gasteiger charge is -2.08. The highest BCUT2D eigenvalue weighted by molar-refractivity contribution is 5.36. The molecule has 2 nitrogen and oxygen atoms in total. The third kappa shape index (κ3) is 2.45. The second-order valence-electron chi connectivity index (χ2n) is 4.07. The van der Waals surface area contributed by atoms with Gasteiger partial charge in [-0.25, -0.2) is 0 Å². The molecule has 0 N–H and O–H groups in total. The van der Waals surface area contributed by atoms with Gasteiger partial charge in [-0.1, -0.05) is 12.1 Å². The predicted molar refractivity (Wildman–Crippen MR) is 63.7 cm³/mol. The molecule has 16 heavy (non-hydrogen) atoms. The molecule has 0 unspecified atom stereocenters. The van der Waals surface area contributed by atoms with E-state index in [-0.39, 0.29) is 0 Å². The Morgan fingerprint density at radius 3 is 2.56 bits per heavy atom. The van der Waals surface area contributed by atoms with Crippen LogP contribution in [0.2, 0.25) is 0 Å². The van der Waals surface area contributed by atoms with Gasteiger partial charge in [0.25, 0.3) is 0 Å². The zero-order chi connectivity index (χ0) is 11.5. The molecule has 2 rings (SSSR count). The fourth-order valence-corrected chi connectivity index (χ4v) is 1.57. The molecule has 0 radical (unpaired) electrons. The Kier molecular flexibility index (Phi) is 3.00. The summed E-state index contributed by atoms with van der Waals surface area (Å²) in [6.45, 7) is 6.52. The van der Waals surface area contributed by atoms with Crippen molar-refractivity contribution in [2.24, 2.45) is 0 Å². The molecule has 0 aliphatic rings. The number of benzene rings is 1. The second kappa shape index (κ2) is 4.44. The van der Waals surface area contributed by atoms with E-state index in [1.54, 1.807) is 0 Å². The summed E-state index contributed by atoms with van der Waals surface area (Å²) in [6.07, 6.45) is 0. The number of aryl methyl sites for hydroxylation is 3. The summed E-state index contributed by atoms with van der Waals surface area (Å²) >= 11 is 0. The van der Waals surface area contributed by atoms with Crippen molar-refractivity contribution in [2.75, 3.05) is 0 Å². The maximum Gasteiger partial charge on any atom is 0.146 e. The Morgan fingerprint density at radius 2 is 1.88 bits per heavy atom. The molecule has 0 atom stereocenters. The van der Waals surface area contributed by atoms with E-state index in [4.69, 9.17) is 9.15 Å². The van der Waals surface area contributed by atoms with Gasteiger partial charge in [-0.15, -0.1) is 0 Å². The lowest BCUT2D eigenvalue weighted by atomic mass is 10.1. The summed E-state index contributed by atoms with van der Waals surface area (Å²) < 4.78 is 11.2. The Morgan fingerprint density at radius 1 is 1.06 bits per heavy atom. The minimum Gasteiger partial charge on any atom is -0.485 e. The molecule has 0 aliphatic heterocycles. The number of ether oxygens (including phenoxy) is 1. The average Bonchev–Trinajstić information content (AvgIpc) is 2.66. The molecule has 2 heteroatoms. The van der Waals surface area contributed by atoms with E-state index < -0.39 is 0 Å². The first-order valence-electron chi connectivity index (χ1n) is 5.40. The van der Waals surface area contributed by atoms with Crippen molar-refractivity contribution in [3.63, 3.8) is 0 Å². The smallest absolute Gasteiger partial charge is 0.146 e. The van der Waals surface area contributed by atoms with Crippen molar-refractivity contribution in [1.82, 2.24) is 0 Å². The van der Waals surface area contributed by atoms with Gasteiger partial charge in [0.05, 0.1) is 0 Å². The average molecular weight is 216 g/mol. The van der Waals surface area contributed by atoms with Crippen LogP contribution in [-0.2, 0) is 6.61 Å². The van der Waals surface area contributed by atoms with Gasteiger partial charge in [-0.2, -0.15) is 0 Å². The first-order chi connectivity index (χ1) is 7.65. The molecule has 1 aromatic carbocycles. The van der Waals surface area contributed by atoms with Gasteiger partial charge in [-0.3, -0.25) is 0 Å². The van der Waals surface area contributed by atoms with E-state index in [1.165, 1.54) is 5.56 Å². The number of hydrogen-bond donors (Lipinski definition) is 0. The van der Waals surface area contributed by atoms with Crippen LogP contribution in [0.4, 0.5) is 0 Å². The Bertz CT molecular complexity index is 483. The highest BCUT2D eigenvalue weighted by Gasteiger charge is 2.02. The van der Waals surface area contributed by atoms with Crippen LogP contribution in [0, 0.1) is 20.8 Å². The predicted octanol–water partition coefficient (Wildman–Crippen LogP) is 3.78. The van der Waals surface area contributed by atoms with Gasteiger partial charge in [0.15, 0.2) is 0 Å². The van der Waals surface area contributed by atoms with E-state index in [1.807, 2.05) is 32.0 Å². The van der Waals surface area contributed by atoms with E-state index in [9.17, 15) is 0 Å². The molecule has 0 fully saturated rings. The monoisotopic (exact) mass is 216 g/mol. The number of hydrogen-bond acceptors (Lipinski definition) is 2. The summed E-state index contributed by atoms with van der Waals surface area (Å²) in [6, 6.07) is 10.1. The zero-order valence-electron chi connectivity index (χ0n) is 9.91. The molecule has 0 aliphatic carbocycles. The van der Waals surface area contributed by atoms with Crippen LogP contribution in [0.1, 0.15) is 22.6 Å². The van der Waals surface area contributed by atoms with Gasteiger partial charge in [0, 0.05) is 0 Å². The lowest BCUT2D eigenvalue weighted by molar-refractivity contribution is 0.266. The van der Waals surface area contributed by atoms with Crippen molar-refractivity contribution in [1.29, 1.82) is 0 Å². The van der Waals surface area contributed by atoms with Crippen molar-refractivity contribution in [3.8, 4) is 5.75 Å². The SMILES string of the molecule is Cc1ccc(C)c(OCc2ccc(C)o2)c1. The van der Waals surface area contributed by atoms with Crippen molar-refractivity contribution in [2.45, 2.75) is 27.4 Å². The Labute approximate surface area is 95.9 Å². The lowest BCUT2D eigenvalue weighted by Crippen LogP contribution is -1.96. The molecule has 1 aromatic heterocycles. The number of furan rings is 1. The Balaban J connectivity index is 2.07. The Hall–Kier alpha value is -1.70. The highest BCUT2D eigenvalue weighted by atomic mass is 16.5. The van der Waals surface area contributed by atoms with E-state index >= 15 is 0 Å². The van der Waals surface area contributed by atoms with Gasteiger partial charge >= 0.3 is 0 Å². The molecule has 0 saturated carbocycles. The summed E-state index contributed by atoms with van der Waals surface area (Å²) in [4.78, 5) is 0. The van der Waals surface area contributed by atoms with Crippen LogP contribution in [0.5, 0.6) is 5.75 Å². The zero-order valence-corrected chi connectivity index (χ0v) is 9.91. The molecule has 0 amide bonds. The summed E-state index contributed by atoms with van der Waals surface area (Å²) in [7, 11) is 0. The molecule has 0 bridgehead atoms. The summed E-state index contributed by atoms with van der Waals surface area (Å²) in [5.74, 6) is 2.70. The van der Waals surface area contributed by atoms with E-state index in [2.05, 4.69) is 19.1 Å². The topological polar surface area (TPSA) is 22.4 Å². The summed E-state index contributed by atoms with van der Waals surface area (Å²) in [5.41, 5.74) is 2.35. The van der Waals surface area contributed by atoms with E-state index in [0.29, 0.717) is 6.61 Å². The van der Waals surface area contributed by atoms with Crippen molar-refractivity contribution >= 4 is 0 Å². The maximum atomic E-state index is 5.72. The second-order valence-corrected chi connectivity index (χ2v) is 4.07. The molecular formula is C14H16O2. The van der Waals surface area contributed by atoms with Crippen LogP contribution in [0.3, 0.4) is 0 Å². The van der Waals surface area contributed by atoms with Crippen molar-refractivity contribution in [3.05, 3.63) is 53.0 Å². The minimum absolute atomic E-state index is 0.484. The molecule has 2 aromatic rings. The summed E-state index contributed by atoms with van der Waals surface area (Å²) in [5, 5.41) is 0. The standard InChI is InChI=1S/C14H16O2/c1-10-4-5-11(2)14(8-10)15-9-13-7-6-12(3)16-13/h4-8H,9H2,1-3H3. The van der Waals surface area contributed by atoms with Crippen LogP contribution in [0.15, 0.2) is 34.7 Å². The first kappa shape index (κ1) is 10.8. The molecule has 84 valence electrons. The molecule has 1 heterocycles. The first-order valence-corrected chi connectivity index (χ1v) is 5.40. The third-order valence-corrected chi connectivity index (χ3v) is 2.51. The largest absolute Gasteiger partial charge is 0.485 e. The van der Waals surface area contributed by atoms with Gasteiger partial charge in [0.1, 0.15) is 23.9 Å². The fourth-order valence-electron chi connectivity index (χ4n) is 1.57. The third-order valence-electron chi connectivity index (χ3n) is 2.51. The molecular weight excluding hydrogens is 200 g/mol. The molecule has 0 saturated heterocycles. The van der Waals surface area contributed by atoms with Crippen molar-refractivity contribution < 1.29 is 9.15 Å². The minimum atomic E-state index is 0.484. The fraction of sp³-hybridized carbons (Fsp3) is 0.286. The molecule has 0 spiro atoms. The highest BCUT2D eigenvalue weighted by Crippen LogP contribution is 2.20. The van der Waals surface area contributed by atoms with Gasteiger partial charge in [0.2, 0.25) is 0 Å². The maximum absolute atomic E-state index is 5.72. The van der Waals surface area contributed by atoms with Crippen LogP contribution < -0.4 is 4.74 Å². The number of rotatable bonds is 3. The normalized spacial score (nSPS) is 10.4. The van der Waals surface area contributed by atoms with E-state index in [0.717, 1.165) is 22.8 Å². The van der Waals surface area contributed by atoms with Gasteiger partial charge in [-0.05, 0) is 50.1 Å². The van der Waals surface area contributed by atoms with Gasteiger partial charge < -0.3 is 9.15 Å². The quantitative estimate of drug-likeness (QED) is 0.779. The van der Waals surface area contributed by atoms with Crippen LogP contribution in [0.25, 0.3) is 0 Å². The van der Waals surface area contributed by atoms with Crippen LogP contribution in [-0.4, -0.2) is 0 Å². The van der Waals surface area contributed by atoms with Crippen LogP contribution >= 0.6 is 0 Å².